The van der Waals surface area contributed by atoms with Gasteiger partial charge in [-0.05, 0) is 29.1 Å². The number of benzene rings is 2. The van der Waals surface area contributed by atoms with Crippen molar-refractivity contribution < 1.29 is 9.53 Å². The molecule has 2 N–H and O–H groups in total. The standard InChI is InChI=1S/C19H18N2O2S/c1-23-16-11-6-5-10-15(16)20-19(22)21-18(17-12-7-13-24-17)14-8-3-2-4-9-14/h2-13,18H,1H3,(H2,20,21,22). The van der Waals surface area contributed by atoms with Crippen LogP contribution in [0.25, 0.3) is 0 Å². The number of ether oxygens (including phenoxy) is 1. The number of carbonyl (C=O) groups excluding carboxylic acids is 1. The van der Waals surface area contributed by atoms with Crippen LogP contribution in [-0.2, 0) is 0 Å². The summed E-state index contributed by atoms with van der Waals surface area (Å²) in [5.41, 5.74) is 1.67. The Hall–Kier alpha value is -2.79. The third-order valence-electron chi connectivity index (χ3n) is 3.59. The topological polar surface area (TPSA) is 50.4 Å². The zero-order valence-corrected chi connectivity index (χ0v) is 14.0. The SMILES string of the molecule is COc1ccccc1NC(=O)NC(c1ccccc1)c1cccs1. The van der Waals surface area contributed by atoms with Gasteiger partial charge in [0.15, 0.2) is 0 Å². The average Bonchev–Trinajstić information content (AvgIpc) is 3.15. The summed E-state index contributed by atoms with van der Waals surface area (Å²) in [6, 6.07) is 20.8. The van der Waals surface area contributed by atoms with Gasteiger partial charge in [-0.2, -0.15) is 0 Å². The Balaban J connectivity index is 1.79. The summed E-state index contributed by atoms with van der Waals surface area (Å²) in [4.78, 5) is 13.6. The summed E-state index contributed by atoms with van der Waals surface area (Å²) in [7, 11) is 1.58. The molecule has 0 spiro atoms. The molecule has 2 amide bonds. The van der Waals surface area contributed by atoms with Crippen molar-refractivity contribution in [2.45, 2.75) is 6.04 Å². The molecular formula is C19H18N2O2S. The molecule has 0 fully saturated rings. The summed E-state index contributed by atoms with van der Waals surface area (Å²) in [6.45, 7) is 0. The number of rotatable bonds is 5. The lowest BCUT2D eigenvalue weighted by molar-refractivity contribution is 0.250. The van der Waals surface area contributed by atoms with Crippen LogP contribution in [0.15, 0.2) is 72.1 Å². The second-order valence-corrected chi connectivity index (χ2v) is 6.14. The lowest BCUT2D eigenvalue weighted by Crippen LogP contribution is -2.32. The predicted molar refractivity (Wildman–Crippen MR) is 97.8 cm³/mol. The second kappa shape index (κ2) is 7.66. The Morgan fingerprint density at radius 1 is 1.00 bits per heavy atom. The van der Waals surface area contributed by atoms with E-state index in [4.69, 9.17) is 4.74 Å². The molecule has 0 aliphatic carbocycles. The molecule has 1 unspecified atom stereocenters. The van der Waals surface area contributed by atoms with Crippen LogP contribution in [0.1, 0.15) is 16.5 Å². The quantitative estimate of drug-likeness (QED) is 0.710. The molecule has 1 heterocycles. The van der Waals surface area contributed by atoms with Gasteiger partial charge in [0.1, 0.15) is 5.75 Å². The van der Waals surface area contributed by atoms with E-state index in [1.165, 1.54) is 0 Å². The van der Waals surface area contributed by atoms with Crippen molar-refractivity contribution in [3.8, 4) is 5.75 Å². The van der Waals surface area contributed by atoms with Gasteiger partial charge in [0.05, 0.1) is 18.8 Å². The van der Waals surface area contributed by atoms with Gasteiger partial charge in [0.2, 0.25) is 0 Å². The molecule has 3 rings (SSSR count). The number of urea groups is 1. The number of methoxy groups -OCH3 is 1. The first-order chi connectivity index (χ1) is 11.8. The number of anilines is 1. The third-order valence-corrected chi connectivity index (χ3v) is 4.53. The zero-order valence-electron chi connectivity index (χ0n) is 13.2. The maximum absolute atomic E-state index is 12.5. The van der Waals surface area contributed by atoms with Crippen LogP contribution in [0, 0.1) is 0 Å². The summed E-state index contributed by atoms with van der Waals surface area (Å²) in [5, 5.41) is 7.90. The Morgan fingerprint density at radius 3 is 2.46 bits per heavy atom. The number of para-hydroxylation sites is 2. The molecular weight excluding hydrogens is 320 g/mol. The first kappa shape index (κ1) is 16.1. The third kappa shape index (κ3) is 3.75. The Kier molecular flexibility index (Phi) is 5.13. The Labute approximate surface area is 145 Å². The maximum atomic E-state index is 12.5. The first-order valence-electron chi connectivity index (χ1n) is 7.57. The van der Waals surface area contributed by atoms with E-state index in [9.17, 15) is 4.79 Å². The maximum Gasteiger partial charge on any atom is 0.320 e. The molecule has 0 bridgehead atoms. The molecule has 0 aliphatic rings. The first-order valence-corrected chi connectivity index (χ1v) is 8.45. The van der Waals surface area contributed by atoms with Gasteiger partial charge in [0, 0.05) is 4.88 Å². The number of hydrogen-bond acceptors (Lipinski definition) is 3. The van der Waals surface area contributed by atoms with E-state index in [0.29, 0.717) is 11.4 Å². The van der Waals surface area contributed by atoms with Gasteiger partial charge in [-0.1, -0.05) is 48.5 Å². The van der Waals surface area contributed by atoms with E-state index in [0.717, 1.165) is 10.4 Å². The fourth-order valence-corrected chi connectivity index (χ4v) is 3.26. The van der Waals surface area contributed by atoms with Gasteiger partial charge in [0.25, 0.3) is 0 Å². The van der Waals surface area contributed by atoms with Gasteiger partial charge < -0.3 is 15.4 Å². The molecule has 0 saturated carbocycles. The van der Waals surface area contributed by atoms with Crippen LogP contribution in [0.4, 0.5) is 10.5 Å². The summed E-state index contributed by atoms with van der Waals surface area (Å²) < 4.78 is 5.27. The molecule has 5 heteroatoms. The smallest absolute Gasteiger partial charge is 0.320 e. The molecule has 0 radical (unpaired) electrons. The lowest BCUT2D eigenvalue weighted by atomic mass is 10.1. The van der Waals surface area contributed by atoms with Crippen molar-refractivity contribution in [1.29, 1.82) is 0 Å². The van der Waals surface area contributed by atoms with Crippen molar-refractivity contribution in [2.24, 2.45) is 0 Å². The van der Waals surface area contributed by atoms with Gasteiger partial charge in [-0.3, -0.25) is 0 Å². The predicted octanol–water partition coefficient (Wildman–Crippen LogP) is 4.67. The average molecular weight is 338 g/mol. The molecule has 0 aliphatic heterocycles. The molecule has 24 heavy (non-hydrogen) atoms. The minimum absolute atomic E-state index is 0.194. The summed E-state index contributed by atoms with van der Waals surface area (Å²) in [6.07, 6.45) is 0. The highest BCUT2D eigenvalue weighted by Crippen LogP contribution is 2.27. The zero-order chi connectivity index (χ0) is 16.8. The monoisotopic (exact) mass is 338 g/mol. The van der Waals surface area contributed by atoms with E-state index in [1.54, 1.807) is 24.5 Å². The molecule has 0 saturated heterocycles. The fourth-order valence-electron chi connectivity index (χ4n) is 2.46. The number of amides is 2. The van der Waals surface area contributed by atoms with Crippen LogP contribution in [0.2, 0.25) is 0 Å². The van der Waals surface area contributed by atoms with Crippen LogP contribution in [-0.4, -0.2) is 13.1 Å². The van der Waals surface area contributed by atoms with Crippen LogP contribution < -0.4 is 15.4 Å². The minimum Gasteiger partial charge on any atom is -0.495 e. The molecule has 2 aromatic carbocycles. The van der Waals surface area contributed by atoms with Gasteiger partial charge in [-0.15, -0.1) is 11.3 Å². The minimum atomic E-state index is -0.276. The molecule has 3 aromatic rings. The van der Waals surface area contributed by atoms with E-state index < -0.39 is 0 Å². The molecule has 4 nitrogen and oxygen atoms in total. The molecule has 1 aromatic heterocycles. The second-order valence-electron chi connectivity index (χ2n) is 5.16. The Morgan fingerprint density at radius 2 is 1.75 bits per heavy atom. The molecule has 122 valence electrons. The number of hydrogen-bond donors (Lipinski definition) is 2. The van der Waals surface area contributed by atoms with Crippen molar-refractivity contribution >= 4 is 23.1 Å². The van der Waals surface area contributed by atoms with Crippen molar-refractivity contribution in [1.82, 2.24) is 5.32 Å². The number of carbonyl (C=O) groups is 1. The fraction of sp³-hybridized carbons (Fsp3) is 0.105. The van der Waals surface area contributed by atoms with E-state index in [1.807, 2.05) is 66.0 Å². The Bertz CT molecular complexity index is 788. The van der Waals surface area contributed by atoms with Crippen LogP contribution in [0.5, 0.6) is 5.75 Å². The van der Waals surface area contributed by atoms with E-state index in [-0.39, 0.29) is 12.1 Å². The molecule has 1 atom stereocenters. The van der Waals surface area contributed by atoms with Crippen molar-refractivity contribution in [3.05, 3.63) is 82.6 Å². The van der Waals surface area contributed by atoms with Gasteiger partial charge >= 0.3 is 6.03 Å². The summed E-state index contributed by atoms with van der Waals surface area (Å²) >= 11 is 1.61. The van der Waals surface area contributed by atoms with Crippen LogP contribution in [0.3, 0.4) is 0 Å². The summed E-state index contributed by atoms with van der Waals surface area (Å²) in [5.74, 6) is 0.625. The van der Waals surface area contributed by atoms with Crippen molar-refractivity contribution in [3.63, 3.8) is 0 Å². The lowest BCUT2D eigenvalue weighted by Gasteiger charge is -2.19. The van der Waals surface area contributed by atoms with Gasteiger partial charge in [-0.25, -0.2) is 4.79 Å². The number of thiophene rings is 1. The number of nitrogens with one attached hydrogen (secondary N) is 2. The van der Waals surface area contributed by atoms with E-state index >= 15 is 0 Å². The largest absolute Gasteiger partial charge is 0.495 e. The van der Waals surface area contributed by atoms with Crippen molar-refractivity contribution in [2.75, 3.05) is 12.4 Å². The van der Waals surface area contributed by atoms with Crippen LogP contribution >= 0.6 is 11.3 Å². The normalized spacial score (nSPS) is 11.5. The highest BCUT2D eigenvalue weighted by Gasteiger charge is 2.18. The van der Waals surface area contributed by atoms with E-state index in [2.05, 4.69) is 10.6 Å². The highest BCUT2D eigenvalue weighted by molar-refractivity contribution is 7.10. The highest BCUT2D eigenvalue weighted by atomic mass is 32.1.